The summed E-state index contributed by atoms with van der Waals surface area (Å²) in [5.74, 6) is -0.394. The zero-order valence-electron chi connectivity index (χ0n) is 11.0. The van der Waals surface area contributed by atoms with Gasteiger partial charge in [0, 0.05) is 0 Å². The molecule has 0 spiro atoms. The van der Waals surface area contributed by atoms with Gasteiger partial charge in [-0.25, -0.2) is 9.59 Å². The molecule has 2 rings (SSSR count). The van der Waals surface area contributed by atoms with Crippen LogP contribution in [0.25, 0.3) is 0 Å². The van der Waals surface area contributed by atoms with Gasteiger partial charge in [-0.2, -0.15) is 0 Å². The molecule has 0 fully saturated rings. The van der Waals surface area contributed by atoms with E-state index in [0.29, 0.717) is 23.5 Å². The maximum atomic E-state index is 11.9. The molecular weight excluding hydrogens is 256 g/mol. The van der Waals surface area contributed by atoms with Gasteiger partial charge < -0.3 is 9.47 Å². The van der Waals surface area contributed by atoms with Gasteiger partial charge in [0.05, 0.1) is 17.7 Å². The van der Waals surface area contributed by atoms with Crippen LogP contribution in [0.15, 0.2) is 54.6 Å². The number of hydrogen-bond donors (Lipinski definition) is 0. The molecule has 0 aliphatic rings. The summed E-state index contributed by atoms with van der Waals surface area (Å²) in [6.45, 7) is 2.06. The third-order valence-corrected chi connectivity index (χ3v) is 2.59. The second kappa shape index (κ2) is 6.52. The van der Waals surface area contributed by atoms with Gasteiger partial charge in [0.2, 0.25) is 0 Å². The Balaban J connectivity index is 2.06. The maximum Gasteiger partial charge on any atom is 0.343 e. The fraction of sp³-hybridized carbons (Fsp3) is 0.125. The number of para-hydroxylation sites is 1. The summed E-state index contributed by atoms with van der Waals surface area (Å²) in [4.78, 5) is 23.4. The third-order valence-electron chi connectivity index (χ3n) is 2.59. The van der Waals surface area contributed by atoms with Crippen LogP contribution in [0.3, 0.4) is 0 Å². The van der Waals surface area contributed by atoms with Gasteiger partial charge in [0.25, 0.3) is 0 Å². The zero-order chi connectivity index (χ0) is 14.4. The van der Waals surface area contributed by atoms with E-state index in [-0.39, 0.29) is 0 Å². The van der Waals surface area contributed by atoms with Gasteiger partial charge in [0.1, 0.15) is 5.75 Å². The Morgan fingerprint density at radius 1 is 0.850 bits per heavy atom. The quantitative estimate of drug-likeness (QED) is 0.633. The Kier molecular flexibility index (Phi) is 4.50. The van der Waals surface area contributed by atoms with Gasteiger partial charge >= 0.3 is 11.9 Å². The molecule has 4 nitrogen and oxygen atoms in total. The first-order chi connectivity index (χ1) is 9.70. The summed E-state index contributed by atoms with van der Waals surface area (Å²) >= 11 is 0. The standard InChI is InChI=1S/C16H14O4/c1-2-19-15(17)12-8-10-13(11-9-12)16(18)20-14-6-4-3-5-7-14/h3-11H,2H2,1H3. The van der Waals surface area contributed by atoms with Gasteiger partial charge in [0.15, 0.2) is 0 Å². The summed E-state index contributed by atoms with van der Waals surface area (Å²) in [7, 11) is 0. The summed E-state index contributed by atoms with van der Waals surface area (Å²) < 4.78 is 10.1. The van der Waals surface area contributed by atoms with Crippen LogP contribution in [0.4, 0.5) is 0 Å². The highest BCUT2D eigenvalue weighted by Crippen LogP contribution is 2.12. The molecule has 0 aliphatic carbocycles. The molecule has 2 aromatic carbocycles. The van der Waals surface area contributed by atoms with Crippen LogP contribution >= 0.6 is 0 Å². The van der Waals surface area contributed by atoms with Crippen LogP contribution in [0.2, 0.25) is 0 Å². The van der Waals surface area contributed by atoms with Gasteiger partial charge in [-0.05, 0) is 43.3 Å². The van der Waals surface area contributed by atoms with Gasteiger partial charge in [-0.1, -0.05) is 18.2 Å². The van der Waals surface area contributed by atoms with E-state index in [9.17, 15) is 9.59 Å². The predicted octanol–water partition coefficient (Wildman–Crippen LogP) is 3.08. The van der Waals surface area contributed by atoms with Crippen molar-refractivity contribution in [1.29, 1.82) is 0 Å². The number of carbonyl (C=O) groups is 2. The van der Waals surface area contributed by atoms with E-state index in [2.05, 4.69) is 0 Å². The minimum Gasteiger partial charge on any atom is -0.462 e. The molecule has 0 aromatic heterocycles. The molecule has 0 saturated heterocycles. The molecule has 102 valence electrons. The van der Waals surface area contributed by atoms with Crippen molar-refractivity contribution in [2.45, 2.75) is 6.92 Å². The second-order valence-corrected chi connectivity index (χ2v) is 4.00. The smallest absolute Gasteiger partial charge is 0.343 e. The van der Waals surface area contributed by atoms with Crippen LogP contribution in [0, 0.1) is 0 Å². The predicted molar refractivity (Wildman–Crippen MR) is 73.8 cm³/mol. The average molecular weight is 270 g/mol. The van der Waals surface area contributed by atoms with Gasteiger partial charge in [-0.15, -0.1) is 0 Å². The highest BCUT2D eigenvalue weighted by molar-refractivity contribution is 5.94. The fourth-order valence-corrected chi connectivity index (χ4v) is 1.61. The van der Waals surface area contributed by atoms with Gasteiger partial charge in [-0.3, -0.25) is 0 Å². The van der Waals surface area contributed by atoms with Crippen LogP contribution in [0.1, 0.15) is 27.6 Å². The summed E-state index contributed by atoms with van der Waals surface area (Å²) in [6.07, 6.45) is 0. The van der Waals surface area contributed by atoms with Crippen LogP contribution in [0.5, 0.6) is 5.75 Å². The highest BCUT2D eigenvalue weighted by Gasteiger charge is 2.11. The fourth-order valence-electron chi connectivity index (χ4n) is 1.61. The molecule has 0 heterocycles. The molecule has 0 amide bonds. The number of rotatable bonds is 4. The summed E-state index contributed by atoms with van der Waals surface area (Å²) in [5, 5.41) is 0. The number of carbonyl (C=O) groups excluding carboxylic acids is 2. The molecule has 0 N–H and O–H groups in total. The first-order valence-corrected chi connectivity index (χ1v) is 6.25. The molecule has 0 unspecified atom stereocenters. The van der Waals surface area contributed by atoms with Crippen molar-refractivity contribution < 1.29 is 19.1 Å². The van der Waals surface area contributed by atoms with Crippen molar-refractivity contribution in [1.82, 2.24) is 0 Å². The SMILES string of the molecule is CCOC(=O)c1ccc(C(=O)Oc2ccccc2)cc1. The first kappa shape index (κ1) is 13.8. The summed E-state index contributed by atoms with van der Waals surface area (Å²) in [5.41, 5.74) is 0.782. The van der Waals surface area contributed by atoms with E-state index >= 15 is 0 Å². The molecule has 0 saturated carbocycles. The van der Waals surface area contributed by atoms with E-state index in [1.54, 1.807) is 43.3 Å². The number of benzene rings is 2. The largest absolute Gasteiger partial charge is 0.462 e. The van der Waals surface area contributed by atoms with Crippen LogP contribution in [-0.4, -0.2) is 18.5 Å². The zero-order valence-corrected chi connectivity index (χ0v) is 11.0. The lowest BCUT2D eigenvalue weighted by Gasteiger charge is -2.05. The second-order valence-electron chi connectivity index (χ2n) is 4.00. The molecule has 20 heavy (non-hydrogen) atoms. The van der Waals surface area contributed by atoms with E-state index in [0.717, 1.165) is 0 Å². The van der Waals surface area contributed by atoms with Crippen molar-refractivity contribution in [2.75, 3.05) is 6.61 Å². The van der Waals surface area contributed by atoms with Crippen molar-refractivity contribution in [3.8, 4) is 5.75 Å². The first-order valence-electron chi connectivity index (χ1n) is 6.25. The topological polar surface area (TPSA) is 52.6 Å². The van der Waals surface area contributed by atoms with E-state index in [4.69, 9.17) is 9.47 Å². The molecule has 0 atom stereocenters. The van der Waals surface area contributed by atoms with Crippen LogP contribution in [-0.2, 0) is 4.74 Å². The minimum atomic E-state index is -0.466. The average Bonchev–Trinajstić information content (AvgIpc) is 2.48. The number of ether oxygens (including phenoxy) is 2. The Morgan fingerprint density at radius 2 is 1.40 bits per heavy atom. The van der Waals surface area contributed by atoms with E-state index in [1.165, 1.54) is 12.1 Å². The Bertz CT molecular complexity index is 588. The molecule has 2 aromatic rings. The van der Waals surface area contributed by atoms with E-state index < -0.39 is 11.9 Å². The molecule has 0 radical (unpaired) electrons. The Morgan fingerprint density at radius 3 is 1.95 bits per heavy atom. The van der Waals surface area contributed by atoms with Crippen molar-refractivity contribution in [3.05, 3.63) is 65.7 Å². The molecule has 4 heteroatoms. The van der Waals surface area contributed by atoms with Crippen LogP contribution < -0.4 is 4.74 Å². The normalized spacial score (nSPS) is 9.85. The third kappa shape index (κ3) is 3.45. The van der Waals surface area contributed by atoms with E-state index in [1.807, 2.05) is 6.07 Å². The number of esters is 2. The highest BCUT2D eigenvalue weighted by atomic mass is 16.5. The lowest BCUT2D eigenvalue weighted by Crippen LogP contribution is -2.09. The maximum absolute atomic E-state index is 11.9. The van der Waals surface area contributed by atoms with Crippen molar-refractivity contribution >= 4 is 11.9 Å². The van der Waals surface area contributed by atoms with Crippen molar-refractivity contribution in [3.63, 3.8) is 0 Å². The Hall–Kier alpha value is -2.62. The Labute approximate surface area is 116 Å². The minimum absolute atomic E-state index is 0.316. The monoisotopic (exact) mass is 270 g/mol. The number of hydrogen-bond acceptors (Lipinski definition) is 4. The lowest BCUT2D eigenvalue weighted by molar-refractivity contribution is 0.0525. The van der Waals surface area contributed by atoms with Crippen molar-refractivity contribution in [2.24, 2.45) is 0 Å². The molecule has 0 aliphatic heterocycles. The molecule has 0 bridgehead atoms. The molecular formula is C16H14O4. The summed E-state index contributed by atoms with van der Waals surface area (Å²) in [6, 6.07) is 15.0. The lowest BCUT2D eigenvalue weighted by atomic mass is 10.1.